The number of carbonyl (C=O) groups excluding carboxylic acids is 1. The lowest BCUT2D eigenvalue weighted by Crippen LogP contribution is -2.51. The predicted molar refractivity (Wildman–Crippen MR) is 201 cm³/mol. The van der Waals surface area contributed by atoms with Gasteiger partial charge in [0.15, 0.2) is 15.6 Å². The van der Waals surface area contributed by atoms with Gasteiger partial charge in [-0.3, -0.25) is 9.69 Å². The highest BCUT2D eigenvalue weighted by Crippen LogP contribution is 2.59. The van der Waals surface area contributed by atoms with Crippen LogP contribution in [0.5, 0.6) is 5.75 Å². The molecule has 0 radical (unpaired) electrons. The molecule has 0 bridgehead atoms. The van der Waals surface area contributed by atoms with E-state index < -0.39 is 26.0 Å². The van der Waals surface area contributed by atoms with E-state index >= 15 is 0 Å². The number of benzene rings is 1. The van der Waals surface area contributed by atoms with Crippen molar-refractivity contribution in [2.75, 3.05) is 61.0 Å². The zero-order valence-corrected chi connectivity index (χ0v) is 31.7. The number of hydrogen-bond acceptors (Lipinski definition) is 9. The summed E-state index contributed by atoms with van der Waals surface area (Å²) in [5.74, 6) is 6.32. The van der Waals surface area contributed by atoms with Crippen LogP contribution in [0.3, 0.4) is 0 Å². The van der Waals surface area contributed by atoms with Crippen LogP contribution in [0, 0.1) is 11.2 Å². The van der Waals surface area contributed by atoms with Crippen molar-refractivity contribution >= 4 is 43.1 Å². The number of fused-ring (bicyclic) bond motifs is 2. The minimum atomic E-state index is -3.05. The molecule has 5 heterocycles. The van der Waals surface area contributed by atoms with Gasteiger partial charge in [0.25, 0.3) is 0 Å². The van der Waals surface area contributed by atoms with E-state index in [0.717, 1.165) is 49.4 Å². The van der Waals surface area contributed by atoms with Gasteiger partial charge in [-0.2, -0.15) is 10.0 Å². The Kier molecular flexibility index (Phi) is 10.0. The topological polar surface area (TPSA) is 108 Å². The van der Waals surface area contributed by atoms with Gasteiger partial charge >= 0.3 is 0 Å². The van der Waals surface area contributed by atoms with Crippen LogP contribution in [-0.2, 0) is 14.6 Å². The van der Waals surface area contributed by atoms with Crippen LogP contribution in [0.4, 0.5) is 17.3 Å². The molecule has 1 amide bonds. The molecule has 1 aromatic carbocycles. The van der Waals surface area contributed by atoms with Crippen molar-refractivity contribution in [2.45, 2.75) is 88.7 Å². The first-order valence-corrected chi connectivity index (χ1v) is 21.3. The number of nitrogens with one attached hydrogen (secondary N) is 1. The Labute approximate surface area is 294 Å². The van der Waals surface area contributed by atoms with Gasteiger partial charge in [0.05, 0.1) is 28.3 Å². The second-order valence-corrected chi connectivity index (χ2v) is 21.5. The monoisotopic (exact) mass is 708 g/mol. The molecule has 6 rings (SSSR count). The van der Waals surface area contributed by atoms with Gasteiger partial charge in [-0.15, -0.1) is 0 Å². The van der Waals surface area contributed by atoms with Crippen molar-refractivity contribution in [1.29, 1.82) is 0 Å². The lowest BCUT2D eigenvalue weighted by Gasteiger charge is -2.46. The number of hydrogen-bond donors (Lipinski definition) is 1. The number of aromatic nitrogens is 2. The third-order valence-electron chi connectivity index (χ3n) is 10.8. The largest absolute Gasteiger partial charge is 0.482 e. The minimum absolute atomic E-state index is 0.00816. The molecular weight excluding hydrogens is 657 g/mol. The van der Waals surface area contributed by atoms with Crippen LogP contribution in [-0.4, -0.2) is 107 Å². The van der Waals surface area contributed by atoms with Crippen LogP contribution in [0.1, 0.15) is 83.6 Å². The first-order chi connectivity index (χ1) is 23.2. The molecule has 12 heteroatoms. The minimum Gasteiger partial charge on any atom is -0.482 e. The zero-order valence-electron chi connectivity index (χ0n) is 30.0. The number of likely N-dealkylation sites (tertiary alicyclic amines) is 2. The number of anilines is 3. The van der Waals surface area contributed by atoms with Gasteiger partial charge in [0.2, 0.25) is 5.91 Å². The summed E-state index contributed by atoms with van der Waals surface area (Å²) in [4.78, 5) is 27.9. The standard InChI is InChI=1S/C37H52N6O4S2/c1-9-33(44)42-12-10-31(22-42)43-20-30(21-43)29-18-28(11-15-49(24(2)3,25(4)5)26(6)7)35-32(19-29)40-36-34(27(8)47-35)37(39-23-38-36)41-13-16-48(45,46)17-14-41/h9,18-19,23-27,30-31H,1,10,12-14,16-17,20-22H2,2-8H3,(H,38,39,40). The summed E-state index contributed by atoms with van der Waals surface area (Å²) in [5.41, 5.74) is 3.73. The summed E-state index contributed by atoms with van der Waals surface area (Å²) < 4.78 is 31.3. The third kappa shape index (κ3) is 6.78. The van der Waals surface area contributed by atoms with E-state index in [4.69, 9.17) is 4.74 Å². The molecule has 0 aliphatic carbocycles. The van der Waals surface area contributed by atoms with Crippen molar-refractivity contribution in [3.63, 3.8) is 0 Å². The quantitative estimate of drug-likeness (QED) is 0.298. The summed E-state index contributed by atoms with van der Waals surface area (Å²) in [7, 11) is -4.35. The van der Waals surface area contributed by atoms with Crippen molar-refractivity contribution in [1.82, 2.24) is 19.8 Å². The van der Waals surface area contributed by atoms with Crippen LogP contribution in [0.25, 0.3) is 0 Å². The molecular formula is C37H52N6O4S2. The summed E-state index contributed by atoms with van der Waals surface area (Å²) in [6.45, 7) is 23.6. The van der Waals surface area contributed by atoms with Gasteiger partial charge in [0.1, 0.15) is 24.1 Å². The molecule has 266 valence electrons. The van der Waals surface area contributed by atoms with E-state index in [-0.39, 0.29) is 17.4 Å². The Balaban J connectivity index is 1.37. The molecule has 10 nitrogen and oxygen atoms in total. The number of amides is 1. The molecule has 2 aromatic rings. The van der Waals surface area contributed by atoms with Crippen LogP contribution < -0.4 is 15.0 Å². The highest BCUT2D eigenvalue weighted by Gasteiger charge is 2.39. The average molecular weight is 709 g/mol. The lowest BCUT2D eigenvalue weighted by molar-refractivity contribution is -0.125. The van der Waals surface area contributed by atoms with Crippen molar-refractivity contribution in [3.05, 3.63) is 47.8 Å². The van der Waals surface area contributed by atoms with E-state index in [2.05, 4.69) is 91.6 Å². The third-order valence-corrected chi connectivity index (χ3v) is 17.6. The number of ether oxygens (including phenoxy) is 1. The molecule has 4 aliphatic heterocycles. The molecule has 3 saturated heterocycles. The Hall–Kier alpha value is -3.27. The van der Waals surface area contributed by atoms with Crippen LogP contribution in [0.15, 0.2) is 31.1 Å². The smallest absolute Gasteiger partial charge is 0.246 e. The maximum Gasteiger partial charge on any atom is 0.246 e. The maximum absolute atomic E-state index is 12.2. The van der Waals surface area contributed by atoms with Gasteiger partial charge in [-0.25, -0.2) is 18.4 Å². The number of rotatable bonds is 7. The second kappa shape index (κ2) is 13.8. The zero-order chi connectivity index (χ0) is 35.2. The SMILES string of the molecule is C=CC(=O)N1CCC(N2CC(c3cc(C#CS(C(C)C)(C(C)C)C(C)C)c4c(c3)Nc3ncnc(N5CCS(=O)(=O)CC5)c3C(C)O4)C2)C1. The first kappa shape index (κ1) is 35.6. The van der Waals surface area contributed by atoms with E-state index in [1.54, 1.807) is 6.33 Å². The molecule has 1 N–H and O–H groups in total. The number of nitrogens with zero attached hydrogens (tertiary/aromatic N) is 5. The first-order valence-electron chi connectivity index (χ1n) is 17.6. The van der Waals surface area contributed by atoms with Crippen molar-refractivity contribution in [2.24, 2.45) is 0 Å². The molecule has 49 heavy (non-hydrogen) atoms. The van der Waals surface area contributed by atoms with E-state index in [1.807, 2.05) is 16.7 Å². The molecule has 3 fully saturated rings. The lowest BCUT2D eigenvalue weighted by atomic mass is 9.88. The van der Waals surface area contributed by atoms with E-state index in [9.17, 15) is 13.2 Å². The summed E-state index contributed by atoms with van der Waals surface area (Å²) >= 11 is 0. The predicted octanol–water partition coefficient (Wildman–Crippen LogP) is 5.43. The average Bonchev–Trinajstić information content (AvgIpc) is 3.45. The fraction of sp³-hybridized carbons (Fsp3) is 0.595. The number of carbonyl (C=O) groups is 1. The van der Waals surface area contributed by atoms with Crippen LogP contribution >= 0.6 is 10.0 Å². The summed E-state index contributed by atoms with van der Waals surface area (Å²) in [5, 5.41) is 8.82. The fourth-order valence-corrected chi connectivity index (χ4v) is 13.6. The summed E-state index contributed by atoms with van der Waals surface area (Å²) in [6, 6.07) is 4.78. The van der Waals surface area contributed by atoms with E-state index in [0.29, 0.717) is 58.2 Å². The highest BCUT2D eigenvalue weighted by molar-refractivity contribution is 8.38. The Morgan fingerprint density at radius 1 is 1.04 bits per heavy atom. The number of sulfone groups is 1. The summed E-state index contributed by atoms with van der Waals surface area (Å²) in [6.07, 6.45) is 3.54. The fourth-order valence-electron chi connectivity index (χ4n) is 8.12. The molecule has 4 aliphatic rings. The maximum atomic E-state index is 12.2. The van der Waals surface area contributed by atoms with Crippen molar-refractivity contribution in [3.8, 4) is 16.9 Å². The van der Waals surface area contributed by atoms with Gasteiger partial charge in [-0.05, 0) is 58.1 Å². The highest BCUT2D eigenvalue weighted by atomic mass is 32.3. The Bertz CT molecular complexity index is 1740. The molecule has 2 atom stereocenters. The molecule has 0 spiro atoms. The van der Waals surface area contributed by atoms with Crippen LogP contribution in [0.2, 0.25) is 0 Å². The van der Waals surface area contributed by atoms with Gasteiger partial charge in [-0.1, -0.05) is 54.0 Å². The van der Waals surface area contributed by atoms with Gasteiger partial charge in [0, 0.05) is 51.2 Å². The Morgan fingerprint density at radius 2 is 1.71 bits per heavy atom. The molecule has 0 saturated carbocycles. The van der Waals surface area contributed by atoms with Gasteiger partial charge < -0.3 is 19.9 Å². The van der Waals surface area contributed by atoms with Crippen molar-refractivity contribution < 1.29 is 17.9 Å². The normalized spacial score (nSPS) is 22.7. The van der Waals surface area contributed by atoms with E-state index in [1.165, 1.54) is 11.6 Å². The molecule has 2 unspecified atom stereocenters. The molecule has 1 aromatic heterocycles. The Morgan fingerprint density at radius 3 is 2.35 bits per heavy atom. The second-order valence-electron chi connectivity index (χ2n) is 14.6.